The lowest BCUT2D eigenvalue weighted by Gasteiger charge is -2.07. The van der Waals surface area contributed by atoms with E-state index in [0.717, 1.165) is 0 Å². The molecule has 5 heteroatoms. The topological polar surface area (TPSA) is 38.3 Å². The van der Waals surface area contributed by atoms with Crippen molar-refractivity contribution < 1.29 is 13.9 Å². The third-order valence-electron chi connectivity index (χ3n) is 1.88. The Bertz CT molecular complexity index is 371. The molecule has 0 aromatic heterocycles. The summed E-state index contributed by atoms with van der Waals surface area (Å²) in [6.45, 7) is 2.88. The van der Waals surface area contributed by atoms with E-state index in [1.54, 1.807) is 6.07 Å². The highest BCUT2D eigenvalue weighted by Crippen LogP contribution is 2.19. The maximum atomic E-state index is 12.8. The van der Waals surface area contributed by atoms with Crippen LogP contribution in [0.25, 0.3) is 0 Å². The van der Waals surface area contributed by atoms with Crippen molar-refractivity contribution in [3.8, 4) is 0 Å². The number of halogens is 2. The van der Waals surface area contributed by atoms with Crippen LogP contribution in [-0.4, -0.2) is 19.1 Å². The van der Waals surface area contributed by atoms with E-state index in [4.69, 9.17) is 4.74 Å². The van der Waals surface area contributed by atoms with Crippen molar-refractivity contribution in [1.29, 1.82) is 0 Å². The number of carbonyl (C=O) groups excluding carboxylic acids is 1. The molecule has 1 rings (SSSR count). The normalized spacial score (nSPS) is 10.2. The Kier molecular flexibility index (Phi) is 5.68. The molecule has 1 aromatic carbocycles. The summed E-state index contributed by atoms with van der Waals surface area (Å²) >= 11 is 1.98. The Morgan fingerprint density at radius 3 is 2.94 bits per heavy atom. The molecule has 16 heavy (non-hydrogen) atoms. The summed E-state index contributed by atoms with van der Waals surface area (Å²) < 4.78 is 18.5. The number of benzene rings is 1. The molecular formula is C11H13FINO2. The average molecular weight is 337 g/mol. The third kappa shape index (κ3) is 4.44. The standard InChI is InChI=1S/C11H13FINO2/c1-2-16-6-5-11(15)14-10-4-3-8(12)7-9(10)13/h3-4,7H,2,5-6H2,1H3,(H,14,15). The highest BCUT2D eigenvalue weighted by molar-refractivity contribution is 14.1. The third-order valence-corrected chi connectivity index (χ3v) is 2.78. The number of carbonyl (C=O) groups is 1. The SMILES string of the molecule is CCOCCC(=O)Nc1ccc(F)cc1I. The Morgan fingerprint density at radius 1 is 1.56 bits per heavy atom. The van der Waals surface area contributed by atoms with Crippen LogP contribution in [0.3, 0.4) is 0 Å². The summed E-state index contributed by atoms with van der Waals surface area (Å²) in [5.41, 5.74) is 0.628. The molecule has 0 aliphatic rings. The Labute approximate surface area is 108 Å². The maximum absolute atomic E-state index is 12.8. The maximum Gasteiger partial charge on any atom is 0.226 e. The number of amides is 1. The smallest absolute Gasteiger partial charge is 0.226 e. The van der Waals surface area contributed by atoms with E-state index >= 15 is 0 Å². The van der Waals surface area contributed by atoms with Crippen LogP contribution in [0.5, 0.6) is 0 Å². The number of nitrogens with one attached hydrogen (secondary N) is 1. The van der Waals surface area contributed by atoms with E-state index in [9.17, 15) is 9.18 Å². The summed E-state index contributed by atoms with van der Waals surface area (Å²) in [4.78, 5) is 11.4. The summed E-state index contributed by atoms with van der Waals surface area (Å²) in [5, 5.41) is 2.70. The second-order valence-electron chi connectivity index (χ2n) is 3.12. The summed E-state index contributed by atoms with van der Waals surface area (Å²) in [7, 11) is 0. The first-order chi connectivity index (χ1) is 7.63. The Hall–Kier alpha value is -0.690. The van der Waals surface area contributed by atoms with Gasteiger partial charge in [-0.2, -0.15) is 0 Å². The van der Waals surface area contributed by atoms with E-state index in [2.05, 4.69) is 5.32 Å². The number of hydrogen-bond acceptors (Lipinski definition) is 2. The van der Waals surface area contributed by atoms with Crippen LogP contribution in [0.1, 0.15) is 13.3 Å². The summed E-state index contributed by atoms with van der Waals surface area (Å²) in [5.74, 6) is -0.435. The first kappa shape index (κ1) is 13.4. The van der Waals surface area contributed by atoms with Crippen molar-refractivity contribution in [2.24, 2.45) is 0 Å². The lowest BCUT2D eigenvalue weighted by molar-refractivity contribution is -0.117. The second-order valence-corrected chi connectivity index (χ2v) is 4.28. The van der Waals surface area contributed by atoms with E-state index in [0.29, 0.717) is 28.9 Å². The largest absolute Gasteiger partial charge is 0.381 e. The van der Waals surface area contributed by atoms with Crippen LogP contribution in [0.4, 0.5) is 10.1 Å². The van der Waals surface area contributed by atoms with Gasteiger partial charge in [0.2, 0.25) is 5.91 Å². The zero-order valence-corrected chi connectivity index (χ0v) is 11.1. The quantitative estimate of drug-likeness (QED) is 0.663. The molecule has 1 amide bonds. The van der Waals surface area contributed by atoms with Crippen molar-refractivity contribution in [1.82, 2.24) is 0 Å². The van der Waals surface area contributed by atoms with E-state index in [1.165, 1.54) is 12.1 Å². The van der Waals surface area contributed by atoms with Gasteiger partial charge in [0.05, 0.1) is 18.7 Å². The van der Waals surface area contributed by atoms with Crippen molar-refractivity contribution in [3.63, 3.8) is 0 Å². The number of rotatable bonds is 5. The molecule has 3 nitrogen and oxygen atoms in total. The van der Waals surface area contributed by atoms with Gasteiger partial charge >= 0.3 is 0 Å². The molecule has 0 saturated carbocycles. The van der Waals surface area contributed by atoms with Crippen LogP contribution in [0.15, 0.2) is 18.2 Å². The number of anilines is 1. The highest BCUT2D eigenvalue weighted by Gasteiger charge is 2.05. The van der Waals surface area contributed by atoms with Crippen molar-refractivity contribution in [2.45, 2.75) is 13.3 Å². The van der Waals surface area contributed by atoms with Gasteiger partial charge in [0.1, 0.15) is 5.82 Å². The van der Waals surface area contributed by atoms with Gasteiger partial charge < -0.3 is 10.1 Å². The van der Waals surface area contributed by atoms with Crippen LogP contribution in [0, 0.1) is 9.39 Å². The van der Waals surface area contributed by atoms with Gasteiger partial charge in [-0.1, -0.05) is 0 Å². The van der Waals surface area contributed by atoms with Gasteiger partial charge in [0, 0.05) is 10.2 Å². The van der Waals surface area contributed by atoms with Crippen LogP contribution in [-0.2, 0) is 9.53 Å². The van der Waals surface area contributed by atoms with Gasteiger partial charge in [0.15, 0.2) is 0 Å². The zero-order valence-electron chi connectivity index (χ0n) is 8.93. The molecule has 0 unspecified atom stereocenters. The number of hydrogen-bond donors (Lipinski definition) is 1. The van der Waals surface area contributed by atoms with E-state index in [-0.39, 0.29) is 11.7 Å². The van der Waals surface area contributed by atoms with Crippen LogP contribution >= 0.6 is 22.6 Å². The minimum atomic E-state index is -0.309. The Morgan fingerprint density at radius 2 is 2.31 bits per heavy atom. The molecule has 1 aromatic rings. The van der Waals surface area contributed by atoms with Gasteiger partial charge in [-0.3, -0.25) is 4.79 Å². The Balaban J connectivity index is 2.49. The van der Waals surface area contributed by atoms with Crippen molar-refractivity contribution in [2.75, 3.05) is 18.5 Å². The molecule has 0 radical (unpaired) electrons. The molecule has 0 fully saturated rings. The minimum Gasteiger partial charge on any atom is -0.381 e. The first-order valence-corrected chi connectivity index (χ1v) is 6.04. The second kappa shape index (κ2) is 6.80. The van der Waals surface area contributed by atoms with Crippen molar-refractivity contribution in [3.05, 3.63) is 27.6 Å². The lowest BCUT2D eigenvalue weighted by Crippen LogP contribution is -2.14. The van der Waals surface area contributed by atoms with Crippen LogP contribution in [0.2, 0.25) is 0 Å². The van der Waals surface area contributed by atoms with Gasteiger partial charge in [-0.05, 0) is 47.7 Å². The van der Waals surface area contributed by atoms with Crippen molar-refractivity contribution >= 4 is 34.2 Å². The minimum absolute atomic E-state index is 0.127. The molecule has 0 bridgehead atoms. The van der Waals surface area contributed by atoms with Crippen LogP contribution < -0.4 is 5.32 Å². The predicted octanol–water partition coefficient (Wildman–Crippen LogP) is 2.80. The van der Waals surface area contributed by atoms with Gasteiger partial charge in [-0.15, -0.1) is 0 Å². The molecule has 0 aliphatic carbocycles. The molecule has 0 saturated heterocycles. The summed E-state index contributed by atoms with van der Waals surface area (Å²) in [6, 6.07) is 4.24. The monoisotopic (exact) mass is 337 g/mol. The van der Waals surface area contributed by atoms with Gasteiger partial charge in [0.25, 0.3) is 0 Å². The predicted molar refractivity (Wildman–Crippen MR) is 68.9 cm³/mol. The molecule has 0 spiro atoms. The van der Waals surface area contributed by atoms with E-state index < -0.39 is 0 Å². The molecule has 0 aliphatic heterocycles. The summed E-state index contributed by atoms with van der Waals surface area (Å²) in [6.07, 6.45) is 0.307. The average Bonchev–Trinajstić information content (AvgIpc) is 2.23. The molecular weight excluding hydrogens is 324 g/mol. The van der Waals surface area contributed by atoms with Gasteiger partial charge in [-0.25, -0.2) is 4.39 Å². The fraction of sp³-hybridized carbons (Fsp3) is 0.364. The highest BCUT2D eigenvalue weighted by atomic mass is 127. The molecule has 0 heterocycles. The molecule has 88 valence electrons. The zero-order chi connectivity index (χ0) is 12.0. The molecule has 0 atom stereocenters. The lowest BCUT2D eigenvalue weighted by atomic mass is 10.3. The fourth-order valence-corrected chi connectivity index (χ4v) is 1.72. The van der Waals surface area contributed by atoms with E-state index in [1.807, 2.05) is 29.5 Å². The fourth-order valence-electron chi connectivity index (χ4n) is 1.11. The molecule has 1 N–H and O–H groups in total. The first-order valence-electron chi connectivity index (χ1n) is 4.96. The number of ether oxygens (including phenoxy) is 1.